The Morgan fingerprint density at radius 2 is 1.85 bits per heavy atom. The number of carbonyl (C=O) groups excluding carboxylic acids is 1. The molecule has 0 bridgehead atoms. The Hall–Kier alpha value is -0.680. The average Bonchev–Trinajstić information content (AvgIpc) is 2.40. The van der Waals surface area contributed by atoms with Gasteiger partial charge in [0.1, 0.15) is 0 Å². The van der Waals surface area contributed by atoms with Gasteiger partial charge in [0, 0.05) is 25.7 Å². The number of carbonyl (C=O) groups is 1. The highest BCUT2D eigenvalue weighted by Crippen LogP contribution is 2.33. The van der Waals surface area contributed by atoms with Crippen LogP contribution in [0.15, 0.2) is 0 Å². The van der Waals surface area contributed by atoms with Crippen molar-refractivity contribution in [1.82, 2.24) is 9.80 Å². The van der Waals surface area contributed by atoms with E-state index in [0.29, 0.717) is 11.0 Å². The molecule has 1 atom stereocenters. The van der Waals surface area contributed by atoms with Crippen molar-refractivity contribution in [3.8, 4) is 0 Å². The fourth-order valence-corrected chi connectivity index (χ4v) is 3.37. The lowest BCUT2D eigenvalue weighted by Gasteiger charge is -2.42. The number of hydrogen-bond donors (Lipinski definition) is 1. The van der Waals surface area contributed by atoms with Gasteiger partial charge >= 0.3 is 0 Å². The predicted octanol–water partition coefficient (Wildman–Crippen LogP) is 2.02. The summed E-state index contributed by atoms with van der Waals surface area (Å²) in [5, 5.41) is 0. The third-order valence-corrected chi connectivity index (χ3v) is 4.87. The molecule has 0 aliphatic carbocycles. The quantitative estimate of drug-likeness (QED) is 0.762. The van der Waals surface area contributed by atoms with E-state index in [1.54, 1.807) is 0 Å². The van der Waals surface area contributed by atoms with Gasteiger partial charge < -0.3 is 15.5 Å². The molecule has 1 fully saturated rings. The number of hydrogen-bond acceptors (Lipinski definition) is 3. The molecule has 0 spiro atoms. The van der Waals surface area contributed by atoms with Crippen LogP contribution in [0.4, 0.5) is 0 Å². The van der Waals surface area contributed by atoms with E-state index in [2.05, 4.69) is 32.7 Å². The van der Waals surface area contributed by atoms with Crippen molar-refractivity contribution in [3.63, 3.8) is 0 Å². The molecule has 1 amide bonds. The molecule has 1 heterocycles. The standard InChI is InChI=1S/C15H29N3OS/c1-5-7-15(8-6-2,13(16)20)14(19)18-10-9-17(4)12(3)11-18/h12H,5-11H2,1-4H3,(H2,16,20). The Morgan fingerprint density at radius 3 is 2.25 bits per heavy atom. The topological polar surface area (TPSA) is 49.6 Å². The molecule has 1 saturated heterocycles. The highest BCUT2D eigenvalue weighted by Gasteiger charge is 2.43. The minimum absolute atomic E-state index is 0.147. The number of rotatable bonds is 6. The number of thiocarbonyl (C=S) groups is 1. The van der Waals surface area contributed by atoms with Gasteiger partial charge in [-0.1, -0.05) is 38.9 Å². The molecule has 2 N–H and O–H groups in total. The van der Waals surface area contributed by atoms with Gasteiger partial charge in [-0.25, -0.2) is 0 Å². The number of nitrogens with two attached hydrogens (primary N) is 1. The van der Waals surface area contributed by atoms with Crippen LogP contribution in [0.25, 0.3) is 0 Å². The van der Waals surface area contributed by atoms with Gasteiger partial charge in [0.2, 0.25) is 5.91 Å². The molecule has 0 saturated carbocycles. The summed E-state index contributed by atoms with van der Waals surface area (Å²) in [4.78, 5) is 17.7. The maximum absolute atomic E-state index is 13.0. The van der Waals surface area contributed by atoms with Crippen LogP contribution in [-0.2, 0) is 4.79 Å². The molecule has 20 heavy (non-hydrogen) atoms. The van der Waals surface area contributed by atoms with Crippen molar-refractivity contribution >= 4 is 23.1 Å². The Balaban J connectivity index is 2.95. The van der Waals surface area contributed by atoms with Crippen molar-refractivity contribution in [2.75, 3.05) is 26.7 Å². The molecule has 0 radical (unpaired) electrons. The Morgan fingerprint density at radius 1 is 1.30 bits per heavy atom. The van der Waals surface area contributed by atoms with E-state index in [9.17, 15) is 4.79 Å². The first-order valence-electron chi connectivity index (χ1n) is 7.68. The first kappa shape index (κ1) is 17.4. The summed E-state index contributed by atoms with van der Waals surface area (Å²) in [6.07, 6.45) is 3.37. The van der Waals surface area contributed by atoms with Crippen molar-refractivity contribution in [1.29, 1.82) is 0 Å². The number of likely N-dealkylation sites (N-methyl/N-ethyl adjacent to an activating group) is 1. The molecule has 116 valence electrons. The van der Waals surface area contributed by atoms with E-state index in [0.717, 1.165) is 45.3 Å². The minimum Gasteiger partial charge on any atom is -0.392 e. The SMILES string of the molecule is CCCC(CCC)(C(=O)N1CCN(C)C(C)C1)C(N)=S. The van der Waals surface area contributed by atoms with E-state index in [1.165, 1.54) is 0 Å². The first-order chi connectivity index (χ1) is 9.39. The fourth-order valence-electron chi connectivity index (χ4n) is 3.08. The number of nitrogens with zero attached hydrogens (tertiary/aromatic N) is 2. The van der Waals surface area contributed by atoms with Gasteiger partial charge in [-0.2, -0.15) is 0 Å². The van der Waals surface area contributed by atoms with E-state index >= 15 is 0 Å². The van der Waals surface area contributed by atoms with Gasteiger partial charge in [0.05, 0.1) is 10.4 Å². The maximum Gasteiger partial charge on any atom is 0.235 e. The van der Waals surface area contributed by atoms with Gasteiger partial charge in [0.25, 0.3) is 0 Å². The summed E-state index contributed by atoms with van der Waals surface area (Å²) in [5.41, 5.74) is 5.36. The zero-order valence-electron chi connectivity index (χ0n) is 13.3. The van der Waals surface area contributed by atoms with Crippen LogP contribution in [0.3, 0.4) is 0 Å². The largest absolute Gasteiger partial charge is 0.392 e. The van der Waals surface area contributed by atoms with E-state index < -0.39 is 5.41 Å². The molecule has 1 rings (SSSR count). The molecule has 4 nitrogen and oxygen atoms in total. The summed E-state index contributed by atoms with van der Waals surface area (Å²) < 4.78 is 0. The lowest BCUT2D eigenvalue weighted by molar-refractivity contribution is -0.141. The van der Waals surface area contributed by atoms with E-state index in [1.807, 2.05) is 4.90 Å². The molecule has 0 aromatic carbocycles. The fraction of sp³-hybridized carbons (Fsp3) is 0.867. The summed E-state index contributed by atoms with van der Waals surface area (Å²) in [6.45, 7) is 8.79. The molecule has 1 aliphatic rings. The van der Waals surface area contributed by atoms with Crippen LogP contribution in [0, 0.1) is 5.41 Å². The Bertz CT molecular complexity index is 353. The summed E-state index contributed by atoms with van der Waals surface area (Å²) in [7, 11) is 2.10. The van der Waals surface area contributed by atoms with Crippen LogP contribution >= 0.6 is 12.2 Å². The highest BCUT2D eigenvalue weighted by atomic mass is 32.1. The van der Waals surface area contributed by atoms with Crippen molar-refractivity contribution < 1.29 is 4.79 Å². The summed E-state index contributed by atoms with van der Waals surface area (Å²) in [5.74, 6) is 0.147. The third-order valence-electron chi connectivity index (χ3n) is 4.48. The van der Waals surface area contributed by atoms with Gasteiger partial charge in [0.15, 0.2) is 0 Å². The van der Waals surface area contributed by atoms with Gasteiger partial charge in [-0.3, -0.25) is 4.79 Å². The van der Waals surface area contributed by atoms with Crippen molar-refractivity contribution in [2.45, 2.75) is 52.5 Å². The molecule has 1 unspecified atom stereocenters. The second-order valence-corrected chi connectivity index (χ2v) is 6.47. The zero-order chi connectivity index (χ0) is 15.3. The highest BCUT2D eigenvalue weighted by molar-refractivity contribution is 7.80. The molecule has 0 aromatic heterocycles. The zero-order valence-corrected chi connectivity index (χ0v) is 14.1. The Kier molecular flexibility index (Phi) is 6.40. The van der Waals surface area contributed by atoms with Crippen LogP contribution in [0.5, 0.6) is 0 Å². The van der Waals surface area contributed by atoms with Crippen LogP contribution < -0.4 is 5.73 Å². The Labute approximate surface area is 128 Å². The lowest BCUT2D eigenvalue weighted by atomic mass is 9.77. The van der Waals surface area contributed by atoms with Gasteiger partial charge in [-0.15, -0.1) is 0 Å². The monoisotopic (exact) mass is 299 g/mol. The van der Waals surface area contributed by atoms with Crippen LogP contribution in [0.2, 0.25) is 0 Å². The first-order valence-corrected chi connectivity index (χ1v) is 8.09. The molecular formula is C15H29N3OS. The minimum atomic E-state index is -0.630. The summed E-state index contributed by atoms with van der Waals surface area (Å²) in [6, 6.07) is 0.389. The van der Waals surface area contributed by atoms with Crippen LogP contribution in [0.1, 0.15) is 46.5 Å². The number of piperazine rings is 1. The van der Waals surface area contributed by atoms with Crippen LogP contribution in [-0.4, -0.2) is 53.4 Å². The molecular weight excluding hydrogens is 270 g/mol. The van der Waals surface area contributed by atoms with Gasteiger partial charge in [-0.05, 0) is 26.8 Å². The molecule has 1 aliphatic heterocycles. The molecule has 0 aromatic rings. The summed E-state index contributed by atoms with van der Waals surface area (Å²) >= 11 is 5.28. The normalized spacial score (nSPS) is 21.0. The average molecular weight is 299 g/mol. The van der Waals surface area contributed by atoms with E-state index in [-0.39, 0.29) is 5.91 Å². The smallest absolute Gasteiger partial charge is 0.235 e. The third kappa shape index (κ3) is 3.50. The lowest BCUT2D eigenvalue weighted by Crippen LogP contribution is -2.58. The number of amides is 1. The van der Waals surface area contributed by atoms with Crippen molar-refractivity contribution in [2.24, 2.45) is 11.1 Å². The second kappa shape index (κ2) is 7.36. The second-order valence-electron chi connectivity index (χ2n) is 6.03. The maximum atomic E-state index is 13.0. The predicted molar refractivity (Wildman–Crippen MR) is 87.7 cm³/mol. The van der Waals surface area contributed by atoms with Crippen molar-refractivity contribution in [3.05, 3.63) is 0 Å². The molecule has 5 heteroatoms. The van der Waals surface area contributed by atoms with E-state index in [4.69, 9.17) is 18.0 Å².